The lowest BCUT2D eigenvalue weighted by atomic mass is 10.0. The average molecular weight is 569 g/mol. The highest BCUT2D eigenvalue weighted by atomic mass is 19.1. The van der Waals surface area contributed by atoms with E-state index in [9.17, 15) is 23.2 Å². The highest BCUT2D eigenvalue weighted by molar-refractivity contribution is 5.98. The van der Waals surface area contributed by atoms with E-state index >= 15 is 0 Å². The Labute approximate surface area is 236 Å². The number of aromatic nitrogens is 2. The maximum atomic E-state index is 14.8. The van der Waals surface area contributed by atoms with Gasteiger partial charge in [-0.05, 0) is 38.3 Å². The van der Waals surface area contributed by atoms with Crippen molar-refractivity contribution in [3.05, 3.63) is 83.8 Å². The average Bonchev–Trinajstić information content (AvgIpc) is 3.62. The molecule has 2 heterocycles. The molecule has 218 valence electrons. The number of anilines is 1. The fourth-order valence-corrected chi connectivity index (χ4v) is 4.41. The molecule has 0 bridgehead atoms. The number of likely N-dealkylation sites (tertiary alicyclic amines) is 1. The molecular weight excluding hydrogens is 534 g/mol. The quantitative estimate of drug-likeness (QED) is 0.326. The number of ether oxygens (including phenoxy) is 1. The summed E-state index contributed by atoms with van der Waals surface area (Å²) in [5.74, 6) is -3.13. The van der Waals surface area contributed by atoms with E-state index in [-0.39, 0.29) is 30.5 Å². The summed E-state index contributed by atoms with van der Waals surface area (Å²) >= 11 is 0. The molecule has 41 heavy (non-hydrogen) atoms. The lowest BCUT2D eigenvalue weighted by Gasteiger charge is -2.25. The van der Waals surface area contributed by atoms with Crippen LogP contribution in [-0.4, -0.2) is 63.4 Å². The van der Waals surface area contributed by atoms with Crippen LogP contribution < -0.4 is 16.4 Å². The Morgan fingerprint density at radius 3 is 2.46 bits per heavy atom. The van der Waals surface area contributed by atoms with Crippen molar-refractivity contribution in [3.8, 4) is 0 Å². The van der Waals surface area contributed by atoms with Gasteiger partial charge in [-0.15, -0.1) is 0 Å². The van der Waals surface area contributed by atoms with Crippen molar-refractivity contribution in [2.75, 3.05) is 25.0 Å². The Bertz CT molecular complexity index is 1370. The van der Waals surface area contributed by atoms with Crippen LogP contribution in [0.25, 0.3) is 0 Å². The third kappa shape index (κ3) is 7.74. The molecule has 1 fully saturated rings. The molecule has 4 rings (SSSR count). The molecule has 0 aliphatic carbocycles. The molecule has 3 aromatic rings. The molecule has 1 aliphatic rings. The van der Waals surface area contributed by atoms with Crippen LogP contribution in [0.5, 0.6) is 0 Å². The molecule has 1 aromatic heterocycles. The summed E-state index contributed by atoms with van der Waals surface area (Å²) in [7, 11) is 0. The lowest BCUT2D eigenvalue weighted by molar-refractivity contribution is -0.132. The summed E-state index contributed by atoms with van der Waals surface area (Å²) in [6, 6.07) is 10.1. The summed E-state index contributed by atoms with van der Waals surface area (Å²) in [6.45, 7) is 4.13. The standard InChI is InChI=1S/C29H34F2N6O4/c1-29(2,32)28(40)34-23(17-41-16-19-8-4-3-5-9-19)26(38)35-24-15-37(18-33-24)25(27(39)36-12-6-7-13-36)21-11-10-20(30)14-22(21)31/h3-5,8-11,14-15,18,23,25H,6-7,12-13,16-17,32H2,1-2H3,(H,34,40)(H,35,38). The van der Waals surface area contributed by atoms with Gasteiger partial charge in [0.15, 0.2) is 5.82 Å². The number of imidazole rings is 1. The number of benzene rings is 2. The molecular formula is C29H34F2N6O4. The molecule has 1 saturated heterocycles. The molecule has 2 unspecified atom stereocenters. The zero-order chi connectivity index (χ0) is 29.6. The van der Waals surface area contributed by atoms with Gasteiger partial charge >= 0.3 is 0 Å². The van der Waals surface area contributed by atoms with E-state index < -0.39 is 41.1 Å². The van der Waals surface area contributed by atoms with Gasteiger partial charge in [0.05, 0.1) is 25.1 Å². The minimum Gasteiger partial charge on any atom is -0.374 e. The SMILES string of the molecule is CC(C)(N)C(=O)NC(COCc1ccccc1)C(=O)Nc1cn(C(C(=O)N2CCCC2)c2ccc(F)cc2F)cn1. The summed E-state index contributed by atoms with van der Waals surface area (Å²) in [5, 5.41) is 5.23. The third-order valence-corrected chi connectivity index (χ3v) is 6.66. The molecule has 4 N–H and O–H groups in total. The van der Waals surface area contributed by atoms with Crippen molar-refractivity contribution < 1.29 is 27.9 Å². The predicted molar refractivity (Wildman–Crippen MR) is 147 cm³/mol. The molecule has 3 amide bonds. The predicted octanol–water partition coefficient (Wildman–Crippen LogP) is 2.75. The van der Waals surface area contributed by atoms with E-state index in [2.05, 4.69) is 15.6 Å². The van der Waals surface area contributed by atoms with Crippen LogP contribution in [0.2, 0.25) is 0 Å². The molecule has 1 aliphatic heterocycles. The minimum absolute atomic E-state index is 0.0248. The summed E-state index contributed by atoms with van der Waals surface area (Å²) in [6.07, 6.45) is 4.33. The van der Waals surface area contributed by atoms with E-state index in [0.717, 1.165) is 30.5 Å². The first kappa shape index (κ1) is 29.8. The van der Waals surface area contributed by atoms with Crippen LogP contribution in [0, 0.1) is 11.6 Å². The van der Waals surface area contributed by atoms with Gasteiger partial charge in [0.25, 0.3) is 5.91 Å². The van der Waals surface area contributed by atoms with Gasteiger partial charge < -0.3 is 30.6 Å². The number of nitrogens with one attached hydrogen (secondary N) is 2. The van der Waals surface area contributed by atoms with Gasteiger partial charge in [-0.2, -0.15) is 0 Å². The first-order chi connectivity index (χ1) is 19.5. The molecule has 0 saturated carbocycles. The summed E-state index contributed by atoms with van der Waals surface area (Å²) in [4.78, 5) is 45.0. The maximum Gasteiger partial charge on any atom is 0.250 e. The van der Waals surface area contributed by atoms with Crippen LogP contribution in [0.1, 0.15) is 43.9 Å². The number of carbonyl (C=O) groups excluding carboxylic acids is 3. The Balaban J connectivity index is 1.53. The molecule has 2 atom stereocenters. The number of hydrogen-bond donors (Lipinski definition) is 3. The summed E-state index contributed by atoms with van der Waals surface area (Å²) in [5.41, 5.74) is 5.52. The fourth-order valence-electron chi connectivity index (χ4n) is 4.41. The number of carbonyl (C=O) groups is 3. The van der Waals surface area contributed by atoms with Crippen LogP contribution >= 0.6 is 0 Å². The largest absolute Gasteiger partial charge is 0.374 e. The van der Waals surface area contributed by atoms with Gasteiger partial charge in [0.1, 0.15) is 23.7 Å². The Morgan fingerprint density at radius 1 is 1.10 bits per heavy atom. The zero-order valence-corrected chi connectivity index (χ0v) is 23.0. The van der Waals surface area contributed by atoms with Crippen LogP contribution in [0.15, 0.2) is 61.1 Å². The molecule has 0 radical (unpaired) electrons. The number of hydrogen-bond acceptors (Lipinski definition) is 6. The second-order valence-electron chi connectivity index (χ2n) is 10.5. The van der Waals surface area contributed by atoms with E-state index in [4.69, 9.17) is 10.5 Å². The van der Waals surface area contributed by atoms with Crippen molar-refractivity contribution in [1.82, 2.24) is 19.8 Å². The van der Waals surface area contributed by atoms with Crippen LogP contribution in [-0.2, 0) is 25.7 Å². The molecule has 10 nitrogen and oxygen atoms in total. The number of nitrogens with zero attached hydrogens (tertiary/aromatic N) is 3. The molecule has 0 spiro atoms. The summed E-state index contributed by atoms with van der Waals surface area (Å²) < 4.78 is 35.5. The second kappa shape index (κ2) is 13.0. The monoisotopic (exact) mass is 568 g/mol. The lowest BCUT2D eigenvalue weighted by Crippen LogP contribution is -2.56. The normalized spacial score (nSPS) is 14.9. The Kier molecular flexibility index (Phi) is 9.46. The number of amides is 3. The van der Waals surface area contributed by atoms with Gasteiger partial charge in [-0.25, -0.2) is 13.8 Å². The van der Waals surface area contributed by atoms with Crippen molar-refractivity contribution in [3.63, 3.8) is 0 Å². The van der Waals surface area contributed by atoms with Crippen molar-refractivity contribution in [2.24, 2.45) is 5.73 Å². The Morgan fingerprint density at radius 2 is 1.80 bits per heavy atom. The fraction of sp³-hybridized carbons (Fsp3) is 0.379. The zero-order valence-electron chi connectivity index (χ0n) is 23.0. The number of halogens is 2. The van der Waals surface area contributed by atoms with E-state index in [1.165, 1.54) is 37.0 Å². The van der Waals surface area contributed by atoms with E-state index in [1.807, 2.05) is 30.3 Å². The highest BCUT2D eigenvalue weighted by Crippen LogP contribution is 2.27. The van der Waals surface area contributed by atoms with Crippen molar-refractivity contribution >= 4 is 23.5 Å². The topological polar surface area (TPSA) is 132 Å². The Hall–Kier alpha value is -4.16. The van der Waals surface area contributed by atoms with Crippen molar-refractivity contribution in [2.45, 2.75) is 50.9 Å². The first-order valence-corrected chi connectivity index (χ1v) is 13.3. The van der Waals surface area contributed by atoms with Gasteiger partial charge in [-0.3, -0.25) is 14.4 Å². The second-order valence-corrected chi connectivity index (χ2v) is 10.5. The number of rotatable bonds is 11. The molecule has 12 heteroatoms. The minimum atomic E-state index is -1.25. The number of nitrogens with two attached hydrogens (primary N) is 1. The van der Waals surface area contributed by atoms with Crippen LogP contribution in [0.4, 0.5) is 14.6 Å². The van der Waals surface area contributed by atoms with Crippen molar-refractivity contribution in [1.29, 1.82) is 0 Å². The first-order valence-electron chi connectivity index (χ1n) is 13.3. The smallest absolute Gasteiger partial charge is 0.250 e. The van der Waals surface area contributed by atoms with Gasteiger partial charge in [-0.1, -0.05) is 36.4 Å². The van der Waals surface area contributed by atoms with Gasteiger partial charge in [0, 0.05) is 30.9 Å². The van der Waals surface area contributed by atoms with E-state index in [1.54, 1.807) is 4.90 Å². The van der Waals surface area contributed by atoms with Gasteiger partial charge in [0.2, 0.25) is 11.8 Å². The highest BCUT2D eigenvalue weighted by Gasteiger charge is 2.32. The van der Waals surface area contributed by atoms with Crippen LogP contribution in [0.3, 0.4) is 0 Å². The maximum absolute atomic E-state index is 14.8. The van der Waals surface area contributed by atoms with E-state index in [0.29, 0.717) is 13.1 Å². The third-order valence-electron chi connectivity index (χ3n) is 6.66. The molecule has 2 aromatic carbocycles.